The van der Waals surface area contributed by atoms with Crippen LogP contribution < -0.4 is 10.6 Å². The minimum atomic E-state index is -0.541. The first-order valence-corrected chi connectivity index (χ1v) is 11.1. The molecule has 2 aliphatic heterocycles. The number of rotatable bonds is 8. The maximum absolute atomic E-state index is 13.2. The van der Waals surface area contributed by atoms with Gasteiger partial charge in [-0.2, -0.15) is 0 Å². The van der Waals surface area contributed by atoms with Crippen molar-refractivity contribution >= 4 is 17.8 Å². The van der Waals surface area contributed by atoms with Crippen LogP contribution in [0.4, 0.5) is 4.79 Å². The first kappa shape index (κ1) is 23.1. The molecule has 8 nitrogen and oxygen atoms in total. The summed E-state index contributed by atoms with van der Waals surface area (Å²) in [6.45, 7) is 5.07. The van der Waals surface area contributed by atoms with Gasteiger partial charge in [0.15, 0.2) is 0 Å². The molecule has 31 heavy (non-hydrogen) atoms. The fourth-order valence-electron chi connectivity index (χ4n) is 4.60. The van der Waals surface area contributed by atoms with E-state index in [-0.39, 0.29) is 17.8 Å². The minimum Gasteiger partial charge on any atom is -0.385 e. The van der Waals surface area contributed by atoms with E-state index in [1.54, 1.807) is 16.9 Å². The highest BCUT2D eigenvalue weighted by Gasteiger charge is 2.54. The van der Waals surface area contributed by atoms with Crippen LogP contribution in [0.2, 0.25) is 0 Å². The molecule has 2 fully saturated rings. The molecule has 4 amide bonds. The molecule has 2 heterocycles. The zero-order chi connectivity index (χ0) is 22.3. The van der Waals surface area contributed by atoms with Crippen LogP contribution in [0.3, 0.4) is 0 Å². The molecule has 0 radical (unpaired) electrons. The predicted octanol–water partition coefficient (Wildman–Crippen LogP) is 1.75. The van der Waals surface area contributed by atoms with Gasteiger partial charge in [-0.25, -0.2) is 4.79 Å². The normalized spacial score (nSPS) is 20.2. The Morgan fingerprint density at radius 1 is 1.16 bits per heavy atom. The summed E-state index contributed by atoms with van der Waals surface area (Å²) >= 11 is 0. The van der Waals surface area contributed by atoms with Crippen LogP contribution in [0.25, 0.3) is 0 Å². The second-order valence-electron chi connectivity index (χ2n) is 8.36. The highest BCUT2D eigenvalue weighted by atomic mass is 16.5. The maximum Gasteiger partial charge on any atom is 0.317 e. The monoisotopic (exact) mass is 430 g/mol. The quantitative estimate of drug-likeness (QED) is 0.615. The molecular weight excluding hydrogens is 396 g/mol. The van der Waals surface area contributed by atoms with E-state index in [1.807, 2.05) is 37.3 Å². The number of piperidine rings is 1. The fraction of sp³-hybridized carbons (Fsp3) is 0.609. The molecule has 1 aromatic carbocycles. The van der Waals surface area contributed by atoms with Gasteiger partial charge in [0.1, 0.15) is 6.04 Å². The lowest BCUT2D eigenvalue weighted by atomic mass is 9.76. The summed E-state index contributed by atoms with van der Waals surface area (Å²) in [4.78, 5) is 42.0. The van der Waals surface area contributed by atoms with Crippen molar-refractivity contribution in [2.24, 2.45) is 5.41 Å². The Bertz CT molecular complexity index is 762. The third kappa shape index (κ3) is 5.36. The summed E-state index contributed by atoms with van der Waals surface area (Å²) in [5.74, 6) is -0.0393. The first-order chi connectivity index (χ1) is 15.0. The Morgan fingerprint density at radius 2 is 1.87 bits per heavy atom. The predicted molar refractivity (Wildman–Crippen MR) is 117 cm³/mol. The van der Waals surface area contributed by atoms with E-state index < -0.39 is 11.5 Å². The van der Waals surface area contributed by atoms with E-state index in [1.165, 1.54) is 0 Å². The second kappa shape index (κ2) is 10.6. The lowest BCUT2D eigenvalue weighted by Gasteiger charge is -2.37. The molecule has 0 saturated carbocycles. The van der Waals surface area contributed by atoms with E-state index in [4.69, 9.17) is 4.74 Å². The van der Waals surface area contributed by atoms with Crippen LogP contribution in [0.1, 0.15) is 38.2 Å². The number of hydrogen-bond acceptors (Lipinski definition) is 4. The smallest absolute Gasteiger partial charge is 0.317 e. The molecule has 8 heteroatoms. The van der Waals surface area contributed by atoms with Crippen molar-refractivity contribution in [3.8, 4) is 0 Å². The van der Waals surface area contributed by atoms with E-state index in [9.17, 15) is 14.4 Å². The topological polar surface area (TPSA) is 91.0 Å². The summed E-state index contributed by atoms with van der Waals surface area (Å²) in [5, 5.41) is 5.89. The van der Waals surface area contributed by atoms with Gasteiger partial charge in [-0.1, -0.05) is 30.3 Å². The molecule has 0 aromatic heterocycles. The zero-order valence-corrected chi connectivity index (χ0v) is 18.6. The van der Waals surface area contributed by atoms with Gasteiger partial charge in [0.2, 0.25) is 11.8 Å². The fourth-order valence-corrected chi connectivity index (χ4v) is 4.60. The van der Waals surface area contributed by atoms with Crippen LogP contribution >= 0.6 is 0 Å². The van der Waals surface area contributed by atoms with E-state index in [0.717, 1.165) is 12.0 Å². The number of hydrogen-bond donors (Lipinski definition) is 2. The van der Waals surface area contributed by atoms with Crippen molar-refractivity contribution in [3.05, 3.63) is 35.9 Å². The number of urea groups is 1. The lowest BCUT2D eigenvalue weighted by Crippen LogP contribution is -2.49. The molecule has 170 valence electrons. The summed E-state index contributed by atoms with van der Waals surface area (Å²) < 4.78 is 5.02. The van der Waals surface area contributed by atoms with Crippen LogP contribution in [-0.2, 0) is 20.9 Å². The van der Waals surface area contributed by atoms with E-state index >= 15 is 0 Å². The Labute approximate surface area is 184 Å². The third-order valence-electron chi connectivity index (χ3n) is 6.44. The molecular formula is C23H34N4O4. The number of likely N-dealkylation sites (tertiary alicyclic amines) is 2. The Kier molecular flexibility index (Phi) is 7.90. The first-order valence-electron chi connectivity index (χ1n) is 11.1. The van der Waals surface area contributed by atoms with Crippen molar-refractivity contribution in [2.45, 2.75) is 45.2 Å². The zero-order valence-electron chi connectivity index (χ0n) is 18.6. The largest absolute Gasteiger partial charge is 0.385 e. The van der Waals surface area contributed by atoms with E-state index in [2.05, 4.69) is 10.6 Å². The van der Waals surface area contributed by atoms with Crippen molar-refractivity contribution in [1.29, 1.82) is 0 Å². The molecule has 0 bridgehead atoms. The Hall–Kier alpha value is -2.61. The van der Waals surface area contributed by atoms with Crippen molar-refractivity contribution < 1.29 is 19.1 Å². The van der Waals surface area contributed by atoms with Gasteiger partial charge in [-0.3, -0.25) is 9.59 Å². The van der Waals surface area contributed by atoms with Gasteiger partial charge in [-0.15, -0.1) is 0 Å². The highest BCUT2D eigenvalue weighted by molar-refractivity contribution is 5.94. The summed E-state index contributed by atoms with van der Waals surface area (Å²) in [6, 6.07) is 9.25. The number of nitrogens with zero attached hydrogens (tertiary/aromatic N) is 2. The second-order valence-corrected chi connectivity index (χ2v) is 8.36. The number of carbonyl (C=O) groups excluding carboxylic acids is 3. The van der Waals surface area contributed by atoms with Gasteiger partial charge >= 0.3 is 6.03 Å². The molecule has 3 rings (SSSR count). The number of nitrogens with one attached hydrogen (secondary N) is 2. The maximum atomic E-state index is 13.2. The molecule has 1 unspecified atom stereocenters. The molecule has 0 aliphatic carbocycles. The third-order valence-corrected chi connectivity index (χ3v) is 6.44. The Morgan fingerprint density at radius 3 is 2.52 bits per heavy atom. The van der Waals surface area contributed by atoms with Crippen LogP contribution in [0.5, 0.6) is 0 Å². The molecule has 2 saturated heterocycles. The lowest BCUT2D eigenvalue weighted by molar-refractivity contribution is -0.140. The average Bonchev–Trinajstić information content (AvgIpc) is 3.07. The van der Waals surface area contributed by atoms with Crippen molar-refractivity contribution in [3.63, 3.8) is 0 Å². The average molecular weight is 431 g/mol. The van der Waals surface area contributed by atoms with Crippen molar-refractivity contribution in [2.75, 3.05) is 39.9 Å². The number of benzene rings is 1. The van der Waals surface area contributed by atoms with Crippen LogP contribution in [0, 0.1) is 5.41 Å². The van der Waals surface area contributed by atoms with Gasteiger partial charge in [0.05, 0.1) is 5.41 Å². The minimum absolute atomic E-state index is 0.0522. The number of likely N-dealkylation sites (N-methyl/N-ethyl adjacent to an activating group) is 1. The SMILES string of the molecule is CCN1C(=O)C2(CCN(C(=O)NCc3ccccc3)CC2)CC1C(=O)NCCCOC. The summed E-state index contributed by atoms with van der Waals surface area (Å²) in [5.41, 5.74) is 0.508. The van der Waals surface area contributed by atoms with Gasteiger partial charge in [0.25, 0.3) is 0 Å². The standard InChI is InChI=1S/C23H34N4O4/c1-3-27-19(20(28)24-12-7-15-31-2)16-23(21(27)29)10-13-26(14-11-23)22(30)25-17-18-8-5-4-6-9-18/h4-6,8-9,19H,3,7,10-17H2,1-2H3,(H,24,28)(H,25,30). The van der Waals surface area contributed by atoms with E-state index in [0.29, 0.717) is 58.6 Å². The van der Waals surface area contributed by atoms with Crippen molar-refractivity contribution in [1.82, 2.24) is 20.4 Å². The van der Waals surface area contributed by atoms with Gasteiger partial charge in [0, 0.05) is 46.4 Å². The summed E-state index contributed by atoms with van der Waals surface area (Å²) in [7, 11) is 1.63. The highest BCUT2D eigenvalue weighted by Crippen LogP contribution is 2.44. The van der Waals surface area contributed by atoms with Gasteiger partial charge in [-0.05, 0) is 38.2 Å². The molecule has 1 atom stereocenters. The Balaban J connectivity index is 1.54. The number of amides is 4. The molecule has 1 aromatic rings. The number of methoxy groups -OCH3 is 1. The number of ether oxygens (including phenoxy) is 1. The summed E-state index contributed by atoms with van der Waals surface area (Å²) in [6.07, 6.45) is 2.45. The molecule has 2 aliphatic rings. The van der Waals surface area contributed by atoms with Gasteiger partial charge < -0.3 is 25.2 Å². The van der Waals surface area contributed by atoms with Crippen LogP contribution in [-0.4, -0.2) is 73.6 Å². The van der Waals surface area contributed by atoms with Crippen LogP contribution in [0.15, 0.2) is 30.3 Å². The number of carbonyl (C=O) groups is 3. The molecule has 2 N–H and O–H groups in total. The molecule has 1 spiro atoms.